The van der Waals surface area contributed by atoms with E-state index in [1.54, 1.807) is 11.3 Å². The summed E-state index contributed by atoms with van der Waals surface area (Å²) < 4.78 is 0. The number of benzene rings is 1. The van der Waals surface area contributed by atoms with Gasteiger partial charge in [-0.05, 0) is 51.4 Å². The molecule has 0 bridgehead atoms. The summed E-state index contributed by atoms with van der Waals surface area (Å²) in [5.74, 6) is 0. The van der Waals surface area contributed by atoms with E-state index in [-0.39, 0.29) is 0 Å². The van der Waals surface area contributed by atoms with Crippen LogP contribution in [-0.4, -0.2) is 18.1 Å². The number of rotatable bonds is 5. The zero-order chi connectivity index (χ0) is 13.8. The van der Waals surface area contributed by atoms with Crippen molar-refractivity contribution in [2.24, 2.45) is 5.73 Å². The lowest BCUT2D eigenvalue weighted by molar-refractivity contribution is 0.814. The maximum absolute atomic E-state index is 5.65. The molecule has 0 atom stereocenters. The minimum absolute atomic E-state index is 0.700. The first kappa shape index (κ1) is 14.0. The van der Waals surface area contributed by atoms with Gasteiger partial charge >= 0.3 is 0 Å². The topological polar surface area (TPSA) is 42.1 Å². The molecule has 2 aromatic rings. The quantitative estimate of drug-likeness (QED) is 0.907. The second kappa shape index (κ2) is 6.17. The van der Waals surface area contributed by atoms with Gasteiger partial charge in [-0.1, -0.05) is 12.1 Å². The third-order valence-corrected chi connectivity index (χ3v) is 4.24. The molecule has 1 aromatic carbocycles. The van der Waals surface area contributed by atoms with E-state index in [9.17, 15) is 0 Å². The van der Waals surface area contributed by atoms with E-state index < -0.39 is 0 Å². The molecule has 0 aliphatic carbocycles. The van der Waals surface area contributed by atoms with Crippen LogP contribution >= 0.6 is 11.3 Å². The summed E-state index contributed by atoms with van der Waals surface area (Å²) in [5.41, 5.74) is 9.23. The molecule has 0 saturated carbocycles. The molecule has 0 saturated heterocycles. The minimum atomic E-state index is 0.700. The van der Waals surface area contributed by atoms with Gasteiger partial charge in [-0.2, -0.15) is 0 Å². The highest BCUT2D eigenvalue weighted by atomic mass is 32.1. The highest BCUT2D eigenvalue weighted by molar-refractivity contribution is 7.15. The predicted molar refractivity (Wildman–Crippen MR) is 83.4 cm³/mol. The van der Waals surface area contributed by atoms with Gasteiger partial charge in [-0.15, -0.1) is 11.3 Å². The van der Waals surface area contributed by atoms with E-state index in [1.165, 1.54) is 16.1 Å². The van der Waals surface area contributed by atoms with Gasteiger partial charge in [-0.3, -0.25) is 0 Å². The summed E-state index contributed by atoms with van der Waals surface area (Å²) in [5, 5.41) is 1.06. The Morgan fingerprint density at radius 1 is 1.26 bits per heavy atom. The maximum Gasteiger partial charge on any atom is 0.190 e. The summed E-state index contributed by atoms with van der Waals surface area (Å²) in [6.07, 6.45) is 0.964. The predicted octanol–water partition coefficient (Wildman–Crippen LogP) is 3.56. The Morgan fingerprint density at radius 2 is 2.05 bits per heavy atom. The lowest BCUT2D eigenvalue weighted by atomic mass is 10.2. The van der Waals surface area contributed by atoms with Crippen molar-refractivity contribution in [3.63, 3.8) is 0 Å². The van der Waals surface area contributed by atoms with Crippen LogP contribution in [0.25, 0.3) is 0 Å². The van der Waals surface area contributed by atoms with E-state index in [2.05, 4.69) is 54.9 Å². The van der Waals surface area contributed by atoms with Gasteiger partial charge < -0.3 is 10.6 Å². The Labute approximate surface area is 119 Å². The van der Waals surface area contributed by atoms with Gasteiger partial charge in [0.15, 0.2) is 5.13 Å². The van der Waals surface area contributed by atoms with Crippen molar-refractivity contribution in [2.75, 3.05) is 18.0 Å². The van der Waals surface area contributed by atoms with Crippen LogP contribution < -0.4 is 10.6 Å². The molecule has 0 spiro atoms. The van der Waals surface area contributed by atoms with Crippen molar-refractivity contribution in [2.45, 2.75) is 27.2 Å². The van der Waals surface area contributed by atoms with Gasteiger partial charge in [-0.25, -0.2) is 4.98 Å². The first-order valence-electron chi connectivity index (χ1n) is 6.60. The van der Waals surface area contributed by atoms with Gasteiger partial charge in [0.05, 0.1) is 5.69 Å². The molecule has 0 radical (unpaired) electrons. The van der Waals surface area contributed by atoms with E-state index in [0.717, 1.165) is 23.8 Å². The van der Waals surface area contributed by atoms with Crippen LogP contribution in [0.4, 0.5) is 10.8 Å². The van der Waals surface area contributed by atoms with Crippen LogP contribution in [0.15, 0.2) is 24.3 Å². The summed E-state index contributed by atoms with van der Waals surface area (Å²) in [7, 11) is 0. The van der Waals surface area contributed by atoms with Gasteiger partial charge in [0.25, 0.3) is 0 Å². The number of hydrogen-bond acceptors (Lipinski definition) is 4. The Kier molecular flexibility index (Phi) is 4.56. The third-order valence-electron chi connectivity index (χ3n) is 3.15. The number of nitrogens with two attached hydrogens (primary N) is 1. The molecule has 0 amide bonds. The normalized spacial score (nSPS) is 10.7. The molecular weight excluding hydrogens is 254 g/mol. The highest BCUT2D eigenvalue weighted by Gasteiger charge is 2.14. The van der Waals surface area contributed by atoms with E-state index in [0.29, 0.717) is 6.54 Å². The molecule has 2 N–H and O–H groups in total. The largest absolute Gasteiger partial charge is 0.330 e. The Morgan fingerprint density at radius 3 is 2.63 bits per heavy atom. The second-order valence-electron chi connectivity index (χ2n) is 4.77. The zero-order valence-corrected chi connectivity index (χ0v) is 12.6. The lowest BCUT2D eigenvalue weighted by Crippen LogP contribution is -2.20. The van der Waals surface area contributed by atoms with Crippen LogP contribution in [0.5, 0.6) is 0 Å². The van der Waals surface area contributed by atoms with E-state index in [4.69, 9.17) is 5.73 Å². The van der Waals surface area contributed by atoms with Crippen LogP contribution in [0.1, 0.15) is 22.6 Å². The van der Waals surface area contributed by atoms with E-state index in [1.807, 2.05) is 0 Å². The highest BCUT2D eigenvalue weighted by Crippen LogP contribution is 2.31. The summed E-state index contributed by atoms with van der Waals surface area (Å²) >= 11 is 1.75. The Bertz CT molecular complexity index is 529. The second-order valence-corrected chi connectivity index (χ2v) is 5.95. The fraction of sp³-hybridized carbons (Fsp3) is 0.400. The smallest absolute Gasteiger partial charge is 0.190 e. The van der Waals surface area contributed by atoms with Crippen molar-refractivity contribution in [1.29, 1.82) is 0 Å². The SMILES string of the molecule is Cc1cccc(N(CCCN)c2nc(C)c(C)s2)c1. The van der Waals surface area contributed by atoms with Crippen LogP contribution in [-0.2, 0) is 0 Å². The van der Waals surface area contributed by atoms with Gasteiger partial charge in [0.1, 0.15) is 0 Å². The fourth-order valence-corrected chi connectivity index (χ4v) is 2.91. The van der Waals surface area contributed by atoms with Crippen LogP contribution in [0, 0.1) is 20.8 Å². The molecule has 0 aliphatic rings. The molecule has 0 aliphatic heterocycles. The first-order valence-corrected chi connectivity index (χ1v) is 7.42. The molecule has 4 heteroatoms. The summed E-state index contributed by atoms with van der Waals surface area (Å²) in [4.78, 5) is 8.22. The molecule has 19 heavy (non-hydrogen) atoms. The third kappa shape index (κ3) is 3.33. The molecule has 0 fully saturated rings. The first-order chi connectivity index (χ1) is 9.11. The number of hydrogen-bond donors (Lipinski definition) is 1. The molecule has 3 nitrogen and oxygen atoms in total. The average molecular weight is 275 g/mol. The van der Waals surface area contributed by atoms with E-state index >= 15 is 0 Å². The number of anilines is 2. The molecule has 2 rings (SSSR count). The zero-order valence-electron chi connectivity index (χ0n) is 11.8. The van der Waals surface area contributed by atoms with Crippen molar-refractivity contribution in [3.8, 4) is 0 Å². The summed E-state index contributed by atoms with van der Waals surface area (Å²) in [6.45, 7) is 7.90. The molecule has 0 unspecified atom stereocenters. The number of thiazole rings is 1. The number of aromatic nitrogens is 1. The van der Waals surface area contributed by atoms with Gasteiger partial charge in [0.2, 0.25) is 0 Å². The molecular formula is C15H21N3S. The maximum atomic E-state index is 5.65. The van der Waals surface area contributed by atoms with Crippen molar-refractivity contribution in [1.82, 2.24) is 4.98 Å². The average Bonchev–Trinajstić information content (AvgIpc) is 2.70. The molecule has 1 aromatic heterocycles. The number of nitrogens with zero attached hydrogens (tertiary/aromatic N) is 2. The van der Waals surface area contributed by atoms with Crippen molar-refractivity contribution >= 4 is 22.2 Å². The standard InChI is InChI=1S/C15H21N3S/c1-11-6-4-7-14(10-11)18(9-5-8-16)15-17-12(2)13(3)19-15/h4,6-7,10H,5,8-9,16H2,1-3H3. The number of aryl methyl sites for hydroxylation is 3. The fourth-order valence-electron chi connectivity index (χ4n) is 1.95. The molecule has 102 valence electrons. The van der Waals surface area contributed by atoms with Crippen molar-refractivity contribution in [3.05, 3.63) is 40.4 Å². The Hall–Kier alpha value is -1.39. The van der Waals surface area contributed by atoms with Gasteiger partial charge in [0, 0.05) is 17.1 Å². The van der Waals surface area contributed by atoms with Crippen molar-refractivity contribution < 1.29 is 0 Å². The minimum Gasteiger partial charge on any atom is -0.330 e. The van der Waals surface area contributed by atoms with Crippen LogP contribution in [0.3, 0.4) is 0 Å². The monoisotopic (exact) mass is 275 g/mol. The lowest BCUT2D eigenvalue weighted by Gasteiger charge is -2.22. The Balaban J connectivity index is 2.35. The van der Waals surface area contributed by atoms with Crippen LogP contribution in [0.2, 0.25) is 0 Å². The summed E-state index contributed by atoms with van der Waals surface area (Å²) in [6, 6.07) is 8.54. The molecule has 1 heterocycles.